The second-order valence-corrected chi connectivity index (χ2v) is 8.93. The molecule has 0 aliphatic carbocycles. The van der Waals surface area contributed by atoms with Crippen LogP contribution in [0.1, 0.15) is 45.1 Å². The summed E-state index contributed by atoms with van der Waals surface area (Å²) in [6, 6.07) is 11.8. The number of aliphatic carboxylic acids is 1. The van der Waals surface area contributed by atoms with Crippen molar-refractivity contribution in [3.63, 3.8) is 0 Å². The number of likely N-dealkylation sites (tertiary alicyclic amines) is 1. The number of rotatable bonds is 9. The Morgan fingerprint density at radius 2 is 1.76 bits per heavy atom. The van der Waals surface area contributed by atoms with E-state index in [2.05, 4.69) is 6.92 Å². The molecule has 1 fully saturated rings. The van der Waals surface area contributed by atoms with Crippen LogP contribution in [0.25, 0.3) is 21.5 Å². The van der Waals surface area contributed by atoms with Gasteiger partial charge in [-0.2, -0.15) is 0 Å². The molecule has 1 amide bonds. The van der Waals surface area contributed by atoms with Gasteiger partial charge in [-0.1, -0.05) is 19.4 Å². The monoisotopic (exact) mass is 465 g/mol. The Morgan fingerprint density at radius 3 is 2.41 bits per heavy atom. The molecule has 34 heavy (non-hydrogen) atoms. The van der Waals surface area contributed by atoms with Crippen LogP contribution in [0.3, 0.4) is 0 Å². The SMILES string of the molecule is CCCCOc1ccc2cc(CN3C(=O)CCC3(C)C(=O)O)c3cc(OC)c(OC)cc3c2c1. The first-order chi connectivity index (χ1) is 16.3. The molecule has 1 aliphatic heterocycles. The molecule has 1 unspecified atom stereocenters. The minimum atomic E-state index is -1.23. The van der Waals surface area contributed by atoms with Crippen molar-refractivity contribution in [2.24, 2.45) is 0 Å². The van der Waals surface area contributed by atoms with Gasteiger partial charge in [0.15, 0.2) is 11.5 Å². The lowest BCUT2D eigenvalue weighted by Crippen LogP contribution is -2.49. The molecule has 4 rings (SSSR count). The van der Waals surface area contributed by atoms with E-state index in [4.69, 9.17) is 14.2 Å². The molecule has 7 nitrogen and oxygen atoms in total. The number of hydrogen-bond acceptors (Lipinski definition) is 5. The van der Waals surface area contributed by atoms with Crippen LogP contribution in [0.5, 0.6) is 17.2 Å². The number of fused-ring (bicyclic) bond motifs is 3. The summed E-state index contributed by atoms with van der Waals surface area (Å²) in [6.45, 7) is 4.59. The maximum atomic E-state index is 12.7. The van der Waals surface area contributed by atoms with Crippen LogP contribution in [0.4, 0.5) is 0 Å². The second kappa shape index (κ2) is 9.41. The molecule has 7 heteroatoms. The van der Waals surface area contributed by atoms with Gasteiger partial charge < -0.3 is 24.2 Å². The third kappa shape index (κ3) is 4.11. The molecule has 0 saturated carbocycles. The smallest absolute Gasteiger partial charge is 0.329 e. The van der Waals surface area contributed by atoms with Gasteiger partial charge in [0.2, 0.25) is 5.91 Å². The van der Waals surface area contributed by atoms with Crippen LogP contribution in [0.15, 0.2) is 36.4 Å². The van der Waals surface area contributed by atoms with E-state index < -0.39 is 11.5 Å². The van der Waals surface area contributed by atoms with Crippen molar-refractivity contribution in [1.82, 2.24) is 4.90 Å². The Labute approximate surface area is 199 Å². The maximum absolute atomic E-state index is 12.7. The quantitative estimate of drug-likeness (QED) is 0.347. The van der Waals surface area contributed by atoms with E-state index in [9.17, 15) is 14.7 Å². The molecule has 1 saturated heterocycles. The highest BCUT2D eigenvalue weighted by Crippen LogP contribution is 2.40. The number of unbranched alkanes of at least 4 members (excludes halogenated alkanes) is 1. The van der Waals surface area contributed by atoms with Crippen molar-refractivity contribution in [3.05, 3.63) is 42.0 Å². The Hall–Kier alpha value is -3.48. The molecule has 3 aromatic rings. The summed E-state index contributed by atoms with van der Waals surface area (Å²) < 4.78 is 17.0. The first-order valence-corrected chi connectivity index (χ1v) is 11.6. The van der Waals surface area contributed by atoms with Crippen LogP contribution >= 0.6 is 0 Å². The molecular formula is C27H31NO6. The number of carboxylic acid groups (broad SMARTS) is 1. The number of benzene rings is 3. The first kappa shape index (κ1) is 23.7. The topological polar surface area (TPSA) is 85.3 Å². The van der Waals surface area contributed by atoms with Gasteiger partial charge in [0.25, 0.3) is 0 Å². The van der Waals surface area contributed by atoms with Crippen molar-refractivity contribution in [3.8, 4) is 17.2 Å². The van der Waals surface area contributed by atoms with E-state index in [1.807, 2.05) is 36.4 Å². The van der Waals surface area contributed by atoms with Crippen molar-refractivity contribution < 1.29 is 28.9 Å². The van der Waals surface area contributed by atoms with Gasteiger partial charge in [-0.15, -0.1) is 0 Å². The van der Waals surface area contributed by atoms with E-state index in [0.29, 0.717) is 24.5 Å². The number of nitrogens with zero attached hydrogens (tertiary/aromatic N) is 1. The fourth-order valence-electron chi connectivity index (χ4n) is 4.63. The van der Waals surface area contributed by atoms with Gasteiger partial charge in [-0.3, -0.25) is 4.79 Å². The predicted molar refractivity (Wildman–Crippen MR) is 131 cm³/mol. The fourth-order valence-corrected chi connectivity index (χ4v) is 4.63. The fraction of sp³-hybridized carbons (Fsp3) is 0.407. The minimum Gasteiger partial charge on any atom is -0.494 e. The van der Waals surface area contributed by atoms with Crippen LogP contribution in [0.2, 0.25) is 0 Å². The Morgan fingerprint density at radius 1 is 1.06 bits per heavy atom. The van der Waals surface area contributed by atoms with Gasteiger partial charge in [-0.05, 0) is 77.2 Å². The van der Waals surface area contributed by atoms with Crippen molar-refractivity contribution >= 4 is 33.4 Å². The standard InChI is InChI=1S/C27H31NO6/c1-5-6-11-34-19-8-7-17-12-18(16-28-25(29)9-10-27(28,2)26(30)31)21-14-23(32-3)24(33-4)15-22(21)20(17)13-19/h7-8,12-15H,5-6,9-11,16H2,1-4H3,(H,30,31). The number of carbonyl (C=O) groups is 2. The van der Waals surface area contributed by atoms with E-state index in [1.54, 1.807) is 21.1 Å². The van der Waals surface area contributed by atoms with E-state index in [0.717, 1.165) is 45.7 Å². The average molecular weight is 466 g/mol. The maximum Gasteiger partial charge on any atom is 0.329 e. The zero-order valence-electron chi connectivity index (χ0n) is 20.1. The highest BCUT2D eigenvalue weighted by atomic mass is 16.5. The van der Waals surface area contributed by atoms with Crippen LogP contribution in [0, 0.1) is 0 Å². The number of methoxy groups -OCH3 is 2. The molecular weight excluding hydrogens is 434 g/mol. The van der Waals surface area contributed by atoms with Gasteiger partial charge in [0.1, 0.15) is 11.3 Å². The second-order valence-electron chi connectivity index (χ2n) is 8.93. The molecule has 0 bridgehead atoms. The summed E-state index contributed by atoms with van der Waals surface area (Å²) in [7, 11) is 3.17. The van der Waals surface area contributed by atoms with Crippen molar-refractivity contribution in [1.29, 1.82) is 0 Å². The van der Waals surface area contributed by atoms with Crippen LogP contribution < -0.4 is 14.2 Å². The Balaban J connectivity index is 1.89. The average Bonchev–Trinajstić information content (AvgIpc) is 3.13. The van der Waals surface area contributed by atoms with Crippen LogP contribution in [-0.2, 0) is 16.1 Å². The molecule has 0 spiro atoms. The summed E-state index contributed by atoms with van der Waals surface area (Å²) in [6.07, 6.45) is 2.56. The number of carbonyl (C=O) groups excluding carboxylic acids is 1. The first-order valence-electron chi connectivity index (χ1n) is 11.6. The molecule has 180 valence electrons. The summed E-state index contributed by atoms with van der Waals surface area (Å²) >= 11 is 0. The normalized spacial score (nSPS) is 18.0. The van der Waals surface area contributed by atoms with E-state index in [-0.39, 0.29) is 18.9 Å². The zero-order chi connectivity index (χ0) is 24.5. The summed E-state index contributed by atoms with van der Waals surface area (Å²) in [5.74, 6) is 0.811. The Kier molecular flexibility index (Phi) is 6.55. The van der Waals surface area contributed by atoms with Crippen LogP contribution in [-0.4, -0.2) is 48.2 Å². The molecule has 0 radical (unpaired) electrons. The lowest BCUT2D eigenvalue weighted by Gasteiger charge is -2.32. The predicted octanol–water partition coefficient (Wildman–Crippen LogP) is 5.15. The molecule has 1 heterocycles. The van der Waals surface area contributed by atoms with Gasteiger partial charge in [0.05, 0.1) is 20.8 Å². The zero-order valence-corrected chi connectivity index (χ0v) is 20.1. The Bertz CT molecular complexity index is 1250. The minimum absolute atomic E-state index is 0.154. The molecule has 1 N–H and O–H groups in total. The third-order valence-corrected chi connectivity index (χ3v) is 6.79. The van der Waals surface area contributed by atoms with Crippen molar-refractivity contribution in [2.75, 3.05) is 20.8 Å². The van der Waals surface area contributed by atoms with Gasteiger partial charge in [0, 0.05) is 13.0 Å². The highest BCUT2D eigenvalue weighted by molar-refractivity contribution is 6.10. The lowest BCUT2D eigenvalue weighted by molar-refractivity contribution is -0.153. The third-order valence-electron chi connectivity index (χ3n) is 6.79. The molecule has 3 aromatic carbocycles. The van der Waals surface area contributed by atoms with Gasteiger partial charge >= 0.3 is 5.97 Å². The lowest BCUT2D eigenvalue weighted by atomic mass is 9.94. The number of amides is 1. The van der Waals surface area contributed by atoms with Gasteiger partial charge in [-0.25, -0.2) is 4.79 Å². The van der Waals surface area contributed by atoms with E-state index >= 15 is 0 Å². The number of carboxylic acids is 1. The number of hydrogen-bond donors (Lipinski definition) is 1. The number of ether oxygens (including phenoxy) is 3. The molecule has 1 atom stereocenters. The largest absolute Gasteiger partial charge is 0.494 e. The molecule has 1 aliphatic rings. The summed E-state index contributed by atoms with van der Waals surface area (Å²) in [4.78, 5) is 26.2. The summed E-state index contributed by atoms with van der Waals surface area (Å²) in [5, 5.41) is 13.6. The van der Waals surface area contributed by atoms with E-state index in [1.165, 1.54) is 4.90 Å². The highest BCUT2D eigenvalue weighted by Gasteiger charge is 2.47. The van der Waals surface area contributed by atoms with Crippen molar-refractivity contribution in [2.45, 2.75) is 51.6 Å². The summed E-state index contributed by atoms with van der Waals surface area (Å²) in [5.41, 5.74) is -0.378. The molecule has 0 aromatic heterocycles.